The number of thioether (sulfide) groups is 1. The number of rotatable bonds is 3. The molecule has 0 fully saturated rings. The predicted octanol–water partition coefficient (Wildman–Crippen LogP) is 3.18. The van der Waals surface area contributed by atoms with Gasteiger partial charge in [-0.15, -0.1) is 11.8 Å². The number of hydrogen-bond donors (Lipinski definition) is 1. The van der Waals surface area contributed by atoms with Crippen molar-refractivity contribution in [1.82, 2.24) is 15.3 Å². The monoisotopic (exact) mass is 335 g/mol. The molecule has 1 aromatic carbocycles. The SMILES string of the molecule is Brc1cccc(SCc2ncc3c(n2)CCNC3)c1. The summed E-state index contributed by atoms with van der Waals surface area (Å²) in [5, 5.41) is 3.33. The van der Waals surface area contributed by atoms with E-state index in [9.17, 15) is 0 Å². The Hall–Kier alpha value is -0.910. The number of benzene rings is 1. The summed E-state index contributed by atoms with van der Waals surface area (Å²) in [6.45, 7) is 1.91. The molecule has 0 spiro atoms. The molecule has 0 amide bonds. The molecule has 3 rings (SSSR count). The molecule has 1 aliphatic heterocycles. The Morgan fingerprint density at radius 3 is 3.21 bits per heavy atom. The number of aromatic nitrogens is 2. The van der Waals surface area contributed by atoms with E-state index >= 15 is 0 Å². The van der Waals surface area contributed by atoms with Gasteiger partial charge in [0.15, 0.2) is 0 Å². The Morgan fingerprint density at radius 2 is 2.32 bits per heavy atom. The van der Waals surface area contributed by atoms with Crippen LogP contribution in [-0.4, -0.2) is 16.5 Å². The zero-order valence-electron chi connectivity index (χ0n) is 10.4. The molecule has 2 aromatic rings. The molecule has 0 aliphatic carbocycles. The van der Waals surface area contributed by atoms with Crippen molar-refractivity contribution in [1.29, 1.82) is 0 Å². The first-order chi connectivity index (χ1) is 9.31. The summed E-state index contributed by atoms with van der Waals surface area (Å²) in [5.41, 5.74) is 2.45. The second-order valence-corrected chi connectivity index (χ2v) is 6.40. The van der Waals surface area contributed by atoms with Crippen LogP contribution in [0.4, 0.5) is 0 Å². The third-order valence-electron chi connectivity index (χ3n) is 3.02. The lowest BCUT2D eigenvalue weighted by Gasteiger charge is -2.15. The van der Waals surface area contributed by atoms with Crippen LogP contribution in [0, 0.1) is 0 Å². The lowest BCUT2D eigenvalue weighted by atomic mass is 10.1. The van der Waals surface area contributed by atoms with Crippen molar-refractivity contribution in [3.8, 4) is 0 Å². The number of hydrogen-bond acceptors (Lipinski definition) is 4. The molecule has 0 saturated heterocycles. The Labute approximate surface area is 125 Å². The molecule has 1 aliphatic rings. The average molecular weight is 336 g/mol. The van der Waals surface area contributed by atoms with Crippen LogP contribution in [0.2, 0.25) is 0 Å². The first-order valence-electron chi connectivity index (χ1n) is 6.24. The largest absolute Gasteiger partial charge is 0.312 e. The van der Waals surface area contributed by atoms with Crippen LogP contribution in [0.15, 0.2) is 39.8 Å². The molecule has 5 heteroatoms. The van der Waals surface area contributed by atoms with Gasteiger partial charge in [-0.25, -0.2) is 9.97 Å². The van der Waals surface area contributed by atoms with Crippen molar-refractivity contribution in [3.05, 3.63) is 52.0 Å². The molecule has 19 heavy (non-hydrogen) atoms. The van der Waals surface area contributed by atoms with Gasteiger partial charge in [0, 0.05) is 46.3 Å². The third kappa shape index (κ3) is 3.35. The van der Waals surface area contributed by atoms with E-state index in [4.69, 9.17) is 0 Å². The molecule has 2 heterocycles. The van der Waals surface area contributed by atoms with Gasteiger partial charge >= 0.3 is 0 Å². The summed E-state index contributed by atoms with van der Waals surface area (Å²) in [6, 6.07) is 8.31. The highest BCUT2D eigenvalue weighted by atomic mass is 79.9. The van der Waals surface area contributed by atoms with E-state index in [0.717, 1.165) is 35.6 Å². The molecular formula is C14H14BrN3S. The summed E-state index contributed by atoms with van der Waals surface area (Å²) in [5.74, 6) is 1.74. The van der Waals surface area contributed by atoms with Crippen molar-refractivity contribution >= 4 is 27.7 Å². The molecule has 0 bridgehead atoms. The molecule has 0 radical (unpaired) electrons. The zero-order valence-corrected chi connectivity index (χ0v) is 12.8. The highest BCUT2D eigenvalue weighted by Crippen LogP contribution is 2.24. The van der Waals surface area contributed by atoms with E-state index in [-0.39, 0.29) is 0 Å². The van der Waals surface area contributed by atoms with Crippen LogP contribution in [0.25, 0.3) is 0 Å². The first-order valence-corrected chi connectivity index (χ1v) is 8.02. The highest BCUT2D eigenvalue weighted by Gasteiger charge is 2.11. The maximum Gasteiger partial charge on any atom is 0.138 e. The summed E-state index contributed by atoms with van der Waals surface area (Å²) in [7, 11) is 0. The summed E-state index contributed by atoms with van der Waals surface area (Å²) in [4.78, 5) is 10.3. The van der Waals surface area contributed by atoms with Gasteiger partial charge in [0.05, 0.1) is 5.75 Å². The smallest absolute Gasteiger partial charge is 0.138 e. The maximum absolute atomic E-state index is 4.67. The molecular weight excluding hydrogens is 322 g/mol. The molecule has 0 saturated carbocycles. The highest BCUT2D eigenvalue weighted by molar-refractivity contribution is 9.10. The summed E-state index contributed by atoms with van der Waals surface area (Å²) >= 11 is 5.25. The Bertz CT molecular complexity index is 589. The first kappa shape index (κ1) is 13.1. The fourth-order valence-electron chi connectivity index (χ4n) is 2.05. The van der Waals surface area contributed by atoms with Gasteiger partial charge in [-0.1, -0.05) is 22.0 Å². The van der Waals surface area contributed by atoms with Crippen molar-refractivity contribution in [2.45, 2.75) is 23.6 Å². The minimum atomic E-state index is 0.817. The topological polar surface area (TPSA) is 37.8 Å². The quantitative estimate of drug-likeness (QED) is 0.874. The normalized spacial score (nSPS) is 14.2. The van der Waals surface area contributed by atoms with Gasteiger partial charge < -0.3 is 5.32 Å². The number of fused-ring (bicyclic) bond motifs is 1. The van der Waals surface area contributed by atoms with Gasteiger partial charge in [-0.3, -0.25) is 0 Å². The molecule has 3 nitrogen and oxygen atoms in total. The van der Waals surface area contributed by atoms with Crippen LogP contribution in [0.3, 0.4) is 0 Å². The molecule has 1 aromatic heterocycles. The number of halogens is 1. The van der Waals surface area contributed by atoms with Crippen LogP contribution in [-0.2, 0) is 18.7 Å². The Morgan fingerprint density at radius 1 is 1.37 bits per heavy atom. The minimum absolute atomic E-state index is 0.817. The van der Waals surface area contributed by atoms with E-state index in [1.165, 1.54) is 16.2 Å². The molecule has 1 N–H and O–H groups in total. The molecule has 98 valence electrons. The van der Waals surface area contributed by atoms with Gasteiger partial charge in [0.25, 0.3) is 0 Å². The van der Waals surface area contributed by atoms with Crippen molar-refractivity contribution in [2.24, 2.45) is 0 Å². The van der Waals surface area contributed by atoms with Crippen molar-refractivity contribution < 1.29 is 0 Å². The lowest BCUT2D eigenvalue weighted by Crippen LogP contribution is -2.25. The maximum atomic E-state index is 4.67. The van der Waals surface area contributed by atoms with Crippen molar-refractivity contribution in [3.63, 3.8) is 0 Å². The fraction of sp³-hybridized carbons (Fsp3) is 0.286. The van der Waals surface area contributed by atoms with Gasteiger partial charge in [-0.2, -0.15) is 0 Å². The predicted molar refractivity (Wildman–Crippen MR) is 81.1 cm³/mol. The molecule has 0 atom stereocenters. The number of nitrogens with one attached hydrogen (secondary N) is 1. The zero-order chi connectivity index (χ0) is 13.1. The van der Waals surface area contributed by atoms with Crippen LogP contribution in [0.5, 0.6) is 0 Å². The van der Waals surface area contributed by atoms with E-state index in [1.54, 1.807) is 11.8 Å². The van der Waals surface area contributed by atoms with Gasteiger partial charge in [0.1, 0.15) is 5.82 Å². The summed E-state index contributed by atoms with van der Waals surface area (Å²) < 4.78 is 1.11. The average Bonchev–Trinajstić information content (AvgIpc) is 2.45. The van der Waals surface area contributed by atoms with Crippen LogP contribution >= 0.6 is 27.7 Å². The second-order valence-electron chi connectivity index (χ2n) is 4.43. The lowest BCUT2D eigenvalue weighted by molar-refractivity contribution is 0.622. The van der Waals surface area contributed by atoms with Crippen molar-refractivity contribution in [2.75, 3.05) is 6.54 Å². The van der Waals surface area contributed by atoms with E-state index < -0.39 is 0 Å². The third-order valence-corrected chi connectivity index (χ3v) is 4.51. The van der Waals surface area contributed by atoms with E-state index in [0.29, 0.717) is 0 Å². The Kier molecular flexibility index (Phi) is 4.15. The molecule has 0 unspecified atom stereocenters. The van der Waals surface area contributed by atoms with E-state index in [1.807, 2.05) is 18.3 Å². The van der Waals surface area contributed by atoms with E-state index in [2.05, 4.69) is 43.3 Å². The van der Waals surface area contributed by atoms with Gasteiger partial charge in [-0.05, 0) is 18.2 Å². The number of nitrogens with zero attached hydrogens (tertiary/aromatic N) is 2. The van der Waals surface area contributed by atoms with Crippen LogP contribution in [0.1, 0.15) is 17.1 Å². The second kappa shape index (κ2) is 6.03. The standard InChI is InChI=1S/C14H14BrN3S/c15-11-2-1-3-12(6-11)19-9-14-17-8-10-7-16-5-4-13(10)18-14/h1-3,6,8,16H,4-5,7,9H2. The Balaban J connectivity index is 1.70. The minimum Gasteiger partial charge on any atom is -0.312 e. The fourth-order valence-corrected chi connectivity index (χ4v) is 3.42. The van der Waals surface area contributed by atoms with Gasteiger partial charge in [0.2, 0.25) is 0 Å². The van der Waals surface area contributed by atoms with Crippen LogP contribution < -0.4 is 5.32 Å². The summed E-state index contributed by atoms with van der Waals surface area (Å²) in [6.07, 6.45) is 2.97.